The normalized spacial score (nSPS) is 12.6. The second-order valence-electron chi connectivity index (χ2n) is 5.46. The van der Waals surface area contributed by atoms with Gasteiger partial charge in [-0.05, 0) is 42.3 Å². The van der Waals surface area contributed by atoms with Gasteiger partial charge in [-0.1, -0.05) is 36.2 Å². The highest BCUT2D eigenvalue weighted by molar-refractivity contribution is 7.90. The Morgan fingerprint density at radius 1 is 1.12 bits per heavy atom. The van der Waals surface area contributed by atoms with Gasteiger partial charge in [-0.3, -0.25) is 4.79 Å². The van der Waals surface area contributed by atoms with E-state index in [1.807, 2.05) is 0 Å². The number of hydrogen-bond donors (Lipinski definition) is 1. The molecular weight excluding hydrogens is 387 g/mol. The Morgan fingerprint density at radius 3 is 2.32 bits per heavy atom. The summed E-state index contributed by atoms with van der Waals surface area (Å²) in [6, 6.07) is 8.82. The summed E-state index contributed by atoms with van der Waals surface area (Å²) < 4.78 is 28.8. The number of hydrogen-bond acceptors (Lipinski definition) is 4. The van der Waals surface area contributed by atoms with Crippen molar-refractivity contribution in [1.82, 2.24) is 0 Å². The molecule has 2 aromatic carbocycles. The first-order valence-electron chi connectivity index (χ1n) is 7.33. The maximum absolute atomic E-state index is 11.5. The van der Waals surface area contributed by atoms with E-state index < -0.39 is 21.7 Å². The second kappa shape index (κ2) is 7.64. The quantitative estimate of drug-likeness (QED) is 0.752. The summed E-state index contributed by atoms with van der Waals surface area (Å²) >= 11 is 12.2. The van der Waals surface area contributed by atoms with Gasteiger partial charge >= 0.3 is 5.97 Å². The Labute approximate surface area is 156 Å². The molecule has 0 aliphatic carbocycles. The lowest BCUT2D eigenvalue weighted by Crippen LogP contribution is -2.10. The molecule has 0 saturated heterocycles. The molecule has 5 nitrogen and oxygen atoms in total. The van der Waals surface area contributed by atoms with Crippen molar-refractivity contribution in [3.05, 3.63) is 52.0 Å². The average Bonchev–Trinajstić information content (AvgIpc) is 2.51. The third kappa shape index (κ3) is 4.66. The largest absolute Gasteiger partial charge is 0.481 e. The fourth-order valence-electron chi connectivity index (χ4n) is 2.28. The van der Waals surface area contributed by atoms with Crippen LogP contribution in [0.2, 0.25) is 10.0 Å². The highest BCUT2D eigenvalue weighted by atomic mass is 35.5. The fraction of sp³-hybridized carbons (Fsp3) is 0.235. The first-order valence-corrected chi connectivity index (χ1v) is 9.98. The first kappa shape index (κ1) is 19.6. The lowest BCUT2D eigenvalue weighted by Gasteiger charge is -2.14. The van der Waals surface area contributed by atoms with Crippen molar-refractivity contribution < 1.29 is 23.1 Å². The SMILES string of the molecule is CCC(C(=O)O)c1ccc(Cl)c(Oc2ccc(S(C)(=O)=O)cc2Cl)c1. The zero-order chi connectivity index (χ0) is 18.8. The number of halogens is 2. The molecule has 0 amide bonds. The number of carbonyl (C=O) groups is 1. The van der Waals surface area contributed by atoms with Crippen LogP contribution in [0.25, 0.3) is 0 Å². The van der Waals surface area contributed by atoms with Crippen LogP contribution in [0.3, 0.4) is 0 Å². The molecule has 0 aromatic heterocycles. The molecule has 2 aromatic rings. The van der Waals surface area contributed by atoms with Crippen molar-refractivity contribution >= 4 is 39.0 Å². The Kier molecular flexibility index (Phi) is 5.98. The molecule has 25 heavy (non-hydrogen) atoms. The van der Waals surface area contributed by atoms with Crippen LogP contribution in [0, 0.1) is 0 Å². The summed E-state index contributed by atoms with van der Waals surface area (Å²) in [6.45, 7) is 1.77. The standard InChI is InChI=1S/C17H16Cl2O5S/c1-3-12(17(20)21)10-4-6-13(18)16(8-10)24-15-7-5-11(9-14(15)19)25(2,22)23/h4-9,12H,3H2,1-2H3,(H,20,21). The number of carboxylic acid groups (broad SMARTS) is 1. The molecule has 0 saturated carbocycles. The highest BCUT2D eigenvalue weighted by Gasteiger charge is 2.20. The van der Waals surface area contributed by atoms with Crippen LogP contribution < -0.4 is 4.74 Å². The van der Waals surface area contributed by atoms with E-state index in [2.05, 4.69) is 0 Å². The van der Waals surface area contributed by atoms with Gasteiger partial charge in [0.15, 0.2) is 9.84 Å². The summed E-state index contributed by atoms with van der Waals surface area (Å²) in [5.74, 6) is -1.15. The molecule has 0 aliphatic rings. The fourth-order valence-corrected chi connectivity index (χ4v) is 3.37. The van der Waals surface area contributed by atoms with Crippen molar-refractivity contribution in [2.75, 3.05) is 6.26 Å². The Hall–Kier alpha value is -1.76. The van der Waals surface area contributed by atoms with Gasteiger partial charge in [-0.25, -0.2) is 8.42 Å². The van der Waals surface area contributed by atoms with E-state index in [0.29, 0.717) is 12.0 Å². The van der Waals surface area contributed by atoms with E-state index >= 15 is 0 Å². The van der Waals surface area contributed by atoms with Crippen LogP contribution in [-0.4, -0.2) is 25.7 Å². The molecule has 1 N–H and O–H groups in total. The number of ether oxygens (including phenoxy) is 1. The number of rotatable bonds is 6. The molecule has 134 valence electrons. The first-order chi connectivity index (χ1) is 11.6. The van der Waals surface area contributed by atoms with Gasteiger partial charge in [0.2, 0.25) is 0 Å². The zero-order valence-corrected chi connectivity index (χ0v) is 15.8. The monoisotopic (exact) mass is 402 g/mol. The third-order valence-electron chi connectivity index (χ3n) is 3.62. The van der Waals surface area contributed by atoms with Crippen LogP contribution in [0.15, 0.2) is 41.3 Å². The van der Waals surface area contributed by atoms with Crippen LogP contribution in [0.4, 0.5) is 0 Å². The van der Waals surface area contributed by atoms with Crippen molar-refractivity contribution in [3.8, 4) is 11.5 Å². The van der Waals surface area contributed by atoms with Gasteiger partial charge in [-0.15, -0.1) is 0 Å². The highest BCUT2D eigenvalue weighted by Crippen LogP contribution is 2.36. The van der Waals surface area contributed by atoms with E-state index in [-0.39, 0.29) is 26.4 Å². The Bertz CT molecular complexity index is 909. The minimum absolute atomic E-state index is 0.0709. The minimum atomic E-state index is -3.39. The number of aliphatic carboxylic acids is 1. The van der Waals surface area contributed by atoms with Gasteiger partial charge in [0.25, 0.3) is 0 Å². The van der Waals surface area contributed by atoms with E-state index in [9.17, 15) is 18.3 Å². The molecule has 0 fully saturated rings. The molecule has 0 aliphatic heterocycles. The van der Waals surface area contributed by atoms with Crippen molar-refractivity contribution in [1.29, 1.82) is 0 Å². The molecule has 1 atom stereocenters. The molecular formula is C17H16Cl2O5S. The number of benzene rings is 2. The summed E-state index contributed by atoms with van der Waals surface area (Å²) in [4.78, 5) is 11.4. The van der Waals surface area contributed by atoms with Gasteiger partial charge in [0, 0.05) is 6.26 Å². The predicted molar refractivity (Wildman–Crippen MR) is 96.8 cm³/mol. The van der Waals surface area contributed by atoms with E-state index in [1.165, 1.54) is 18.2 Å². The molecule has 0 heterocycles. The maximum Gasteiger partial charge on any atom is 0.310 e. The Morgan fingerprint density at radius 2 is 1.80 bits per heavy atom. The van der Waals surface area contributed by atoms with Crippen molar-refractivity contribution in [3.63, 3.8) is 0 Å². The summed E-state index contributed by atoms with van der Waals surface area (Å²) in [5.41, 5.74) is 0.554. The molecule has 2 rings (SSSR count). The third-order valence-corrected chi connectivity index (χ3v) is 5.33. The molecule has 0 radical (unpaired) electrons. The van der Waals surface area contributed by atoms with Crippen LogP contribution in [0.5, 0.6) is 11.5 Å². The lowest BCUT2D eigenvalue weighted by atomic mass is 9.96. The van der Waals surface area contributed by atoms with Gasteiger partial charge < -0.3 is 9.84 Å². The van der Waals surface area contributed by atoms with Crippen molar-refractivity contribution in [2.24, 2.45) is 0 Å². The van der Waals surface area contributed by atoms with Crippen LogP contribution in [0.1, 0.15) is 24.8 Å². The summed E-state index contributed by atoms with van der Waals surface area (Å²) in [7, 11) is -3.39. The van der Waals surface area contributed by atoms with Gasteiger partial charge in [-0.2, -0.15) is 0 Å². The Balaban J connectivity index is 2.39. The average molecular weight is 403 g/mol. The molecule has 0 bridgehead atoms. The maximum atomic E-state index is 11.5. The molecule has 0 spiro atoms. The summed E-state index contributed by atoms with van der Waals surface area (Å²) in [6.07, 6.45) is 1.50. The zero-order valence-electron chi connectivity index (χ0n) is 13.5. The van der Waals surface area contributed by atoms with Gasteiger partial charge in [0.05, 0.1) is 20.9 Å². The summed E-state index contributed by atoms with van der Waals surface area (Å²) in [5, 5.41) is 9.67. The van der Waals surface area contributed by atoms with E-state index in [4.69, 9.17) is 27.9 Å². The lowest BCUT2D eigenvalue weighted by molar-refractivity contribution is -0.138. The second-order valence-corrected chi connectivity index (χ2v) is 8.29. The van der Waals surface area contributed by atoms with E-state index in [0.717, 1.165) is 6.26 Å². The topological polar surface area (TPSA) is 80.7 Å². The molecule has 1 unspecified atom stereocenters. The van der Waals surface area contributed by atoms with E-state index in [1.54, 1.807) is 25.1 Å². The van der Waals surface area contributed by atoms with Crippen LogP contribution in [-0.2, 0) is 14.6 Å². The number of carboxylic acids is 1. The minimum Gasteiger partial charge on any atom is -0.481 e. The molecule has 8 heteroatoms. The van der Waals surface area contributed by atoms with Crippen LogP contribution >= 0.6 is 23.2 Å². The smallest absolute Gasteiger partial charge is 0.310 e. The van der Waals surface area contributed by atoms with Crippen molar-refractivity contribution in [2.45, 2.75) is 24.2 Å². The van der Waals surface area contributed by atoms with Gasteiger partial charge in [0.1, 0.15) is 11.5 Å². The predicted octanol–water partition coefficient (Wildman–Crippen LogP) is 4.77. The number of sulfone groups is 1.